The molecule has 0 saturated carbocycles. The van der Waals surface area contributed by atoms with Gasteiger partial charge in [-0.3, -0.25) is 29.5 Å². The number of rotatable bonds is 5. The summed E-state index contributed by atoms with van der Waals surface area (Å²) < 4.78 is 5.28. The fourth-order valence-electron chi connectivity index (χ4n) is 2.72. The first kappa shape index (κ1) is 24.0. The number of aldehydes is 1. The van der Waals surface area contributed by atoms with Gasteiger partial charge in [-0.1, -0.05) is 19.9 Å². The number of nitro benzene ring substituents is 1. The fraction of sp³-hybridized carbons (Fsp3) is 0.238. The summed E-state index contributed by atoms with van der Waals surface area (Å²) >= 11 is 0. The number of hydrogen-bond donors (Lipinski definition) is 3. The third kappa shape index (κ3) is 5.88. The monoisotopic (exact) mass is 441 g/mol. The van der Waals surface area contributed by atoms with Crippen LogP contribution in [0.2, 0.25) is 0 Å². The molecule has 2 aromatic rings. The summed E-state index contributed by atoms with van der Waals surface area (Å²) in [5.41, 5.74) is 1.21. The smallest absolute Gasteiger partial charge is 0.286 e. The largest absolute Gasteiger partial charge is 0.482 e. The van der Waals surface area contributed by atoms with E-state index in [4.69, 9.17) is 4.74 Å². The lowest BCUT2D eigenvalue weighted by atomic mass is 10.1. The fourth-order valence-corrected chi connectivity index (χ4v) is 2.72. The molecule has 0 bridgehead atoms. The lowest BCUT2D eigenvalue weighted by molar-refractivity contribution is -0.384. The first-order valence-corrected chi connectivity index (χ1v) is 9.72. The maximum absolute atomic E-state index is 12.5. The van der Waals surface area contributed by atoms with Crippen LogP contribution < -0.4 is 20.7 Å². The summed E-state index contributed by atoms with van der Waals surface area (Å²) in [5.74, 6) is -0.351. The number of hydrogen-bond acceptors (Lipinski definition) is 7. The van der Waals surface area contributed by atoms with E-state index in [0.717, 1.165) is 6.07 Å². The van der Waals surface area contributed by atoms with E-state index in [2.05, 4.69) is 20.9 Å². The Labute approximate surface area is 184 Å². The molecule has 2 amide bonds. The number of non-ortho nitro benzene ring substituents is 1. The minimum Gasteiger partial charge on any atom is -0.482 e. The highest BCUT2D eigenvalue weighted by molar-refractivity contribution is 6.42. The Morgan fingerprint density at radius 2 is 2.03 bits per heavy atom. The molecule has 0 unspecified atom stereocenters. The maximum atomic E-state index is 12.5. The number of ether oxygens (including phenoxy) is 1. The number of carbonyl (C=O) groups excluding carboxylic acids is 3. The lowest BCUT2D eigenvalue weighted by Gasteiger charge is -2.18. The van der Waals surface area contributed by atoms with Gasteiger partial charge in [0.15, 0.2) is 18.7 Å². The van der Waals surface area contributed by atoms with Crippen molar-refractivity contribution in [1.82, 2.24) is 5.32 Å². The Bertz CT molecular complexity index is 1070. The second-order valence-electron chi connectivity index (χ2n) is 6.19. The standard InChI is InChI=1S/C19H17N5O6.C2H6/c1-20-18(23-14-4-3-13(24(28)29)7-12(14)9-25)19(27)21-8-11-2-5-16-15(6-11)22-17(26)10-30-16;1-2/h2-7,9H,8,10H2,1H3,(H,20,23)(H,21,27)(H,22,26);1-2H3. The van der Waals surface area contributed by atoms with Gasteiger partial charge in [0, 0.05) is 31.3 Å². The van der Waals surface area contributed by atoms with E-state index >= 15 is 0 Å². The summed E-state index contributed by atoms with van der Waals surface area (Å²) in [5, 5.41) is 18.9. The second-order valence-corrected chi connectivity index (χ2v) is 6.19. The van der Waals surface area contributed by atoms with E-state index in [0.29, 0.717) is 23.3 Å². The summed E-state index contributed by atoms with van der Waals surface area (Å²) in [6.45, 7) is 4.10. The van der Waals surface area contributed by atoms with Crippen LogP contribution in [0.4, 0.5) is 17.1 Å². The summed E-state index contributed by atoms with van der Waals surface area (Å²) in [4.78, 5) is 49.2. The minimum atomic E-state index is -0.621. The number of nitro groups is 1. The summed E-state index contributed by atoms with van der Waals surface area (Å²) in [7, 11) is 1.39. The van der Waals surface area contributed by atoms with Gasteiger partial charge in [-0.25, -0.2) is 0 Å². The molecular weight excluding hydrogens is 418 g/mol. The molecule has 0 aliphatic carbocycles. The van der Waals surface area contributed by atoms with Gasteiger partial charge < -0.3 is 20.7 Å². The van der Waals surface area contributed by atoms with Gasteiger partial charge in [-0.2, -0.15) is 0 Å². The van der Waals surface area contributed by atoms with Crippen molar-refractivity contribution in [1.29, 1.82) is 0 Å². The average molecular weight is 441 g/mol. The quantitative estimate of drug-likeness (QED) is 0.212. The van der Waals surface area contributed by atoms with Crippen molar-refractivity contribution < 1.29 is 24.0 Å². The van der Waals surface area contributed by atoms with E-state index in [1.807, 2.05) is 13.8 Å². The predicted octanol–water partition coefficient (Wildman–Crippen LogP) is 2.52. The van der Waals surface area contributed by atoms with Crippen molar-refractivity contribution in [3.8, 4) is 5.75 Å². The van der Waals surface area contributed by atoms with Crippen molar-refractivity contribution in [2.45, 2.75) is 20.4 Å². The Balaban J connectivity index is 0.00000176. The van der Waals surface area contributed by atoms with Crippen molar-refractivity contribution in [3.05, 3.63) is 57.6 Å². The number of nitrogens with one attached hydrogen (secondary N) is 3. The summed E-state index contributed by atoms with van der Waals surface area (Å²) in [6.07, 6.45) is 0.448. The molecule has 168 valence electrons. The van der Waals surface area contributed by atoms with Crippen LogP contribution in [0.3, 0.4) is 0 Å². The molecule has 3 N–H and O–H groups in total. The van der Waals surface area contributed by atoms with Crippen LogP contribution in [0.25, 0.3) is 0 Å². The Morgan fingerprint density at radius 1 is 1.28 bits per heavy atom. The number of aliphatic imine (C=N–C) groups is 1. The third-order valence-electron chi connectivity index (χ3n) is 4.19. The number of anilines is 2. The van der Waals surface area contributed by atoms with Crippen molar-refractivity contribution in [2.75, 3.05) is 24.3 Å². The molecule has 11 nitrogen and oxygen atoms in total. The first-order chi connectivity index (χ1) is 15.4. The first-order valence-electron chi connectivity index (χ1n) is 9.72. The van der Waals surface area contributed by atoms with E-state index < -0.39 is 10.8 Å². The van der Waals surface area contributed by atoms with Crippen LogP contribution in [-0.4, -0.2) is 42.5 Å². The van der Waals surface area contributed by atoms with Crippen molar-refractivity contribution in [2.24, 2.45) is 4.99 Å². The van der Waals surface area contributed by atoms with Gasteiger partial charge in [0.05, 0.1) is 16.3 Å². The number of benzene rings is 2. The zero-order valence-corrected chi connectivity index (χ0v) is 17.8. The third-order valence-corrected chi connectivity index (χ3v) is 4.19. The van der Waals surface area contributed by atoms with Crippen LogP contribution in [0.1, 0.15) is 29.8 Å². The molecule has 3 rings (SSSR count). The highest BCUT2D eigenvalue weighted by atomic mass is 16.6. The molecule has 11 heteroatoms. The molecule has 0 aromatic heterocycles. The zero-order valence-electron chi connectivity index (χ0n) is 17.8. The number of fused-ring (bicyclic) bond motifs is 1. The Kier molecular flexibility index (Phi) is 8.40. The van der Waals surface area contributed by atoms with Gasteiger partial charge in [0.2, 0.25) is 0 Å². The molecule has 0 fully saturated rings. The molecular formula is C21H23N5O6. The molecule has 0 spiro atoms. The molecule has 2 aromatic carbocycles. The number of nitrogens with zero attached hydrogens (tertiary/aromatic N) is 2. The maximum Gasteiger partial charge on any atom is 0.286 e. The van der Waals surface area contributed by atoms with Gasteiger partial charge >= 0.3 is 0 Å². The molecule has 32 heavy (non-hydrogen) atoms. The van der Waals surface area contributed by atoms with Gasteiger partial charge in [0.25, 0.3) is 17.5 Å². The van der Waals surface area contributed by atoms with E-state index in [-0.39, 0.29) is 41.8 Å². The Morgan fingerprint density at radius 3 is 2.69 bits per heavy atom. The molecule has 1 aliphatic heterocycles. The zero-order chi connectivity index (χ0) is 23.7. The van der Waals surface area contributed by atoms with Gasteiger partial charge in [-0.05, 0) is 23.8 Å². The lowest BCUT2D eigenvalue weighted by Crippen LogP contribution is -2.35. The summed E-state index contributed by atoms with van der Waals surface area (Å²) in [6, 6.07) is 8.76. The van der Waals surface area contributed by atoms with Crippen LogP contribution >= 0.6 is 0 Å². The minimum absolute atomic E-state index is 0.0172. The number of amides is 2. The molecule has 1 heterocycles. The number of carbonyl (C=O) groups is 3. The Hall–Kier alpha value is -4.28. The highest BCUT2D eigenvalue weighted by Crippen LogP contribution is 2.28. The SMILES string of the molecule is CC.CN=C(Nc1ccc([N+](=O)[O-])cc1C=O)C(=O)NCc1ccc2c(c1)NC(=O)CO2. The molecule has 0 radical (unpaired) electrons. The second kappa shape index (κ2) is 11.2. The number of amidine groups is 1. The molecule has 0 saturated heterocycles. The van der Waals surface area contributed by atoms with Crippen LogP contribution in [0, 0.1) is 10.1 Å². The van der Waals surface area contributed by atoms with E-state index in [1.54, 1.807) is 18.2 Å². The van der Waals surface area contributed by atoms with Crippen LogP contribution in [0.5, 0.6) is 5.75 Å². The van der Waals surface area contributed by atoms with E-state index in [1.165, 1.54) is 19.2 Å². The highest BCUT2D eigenvalue weighted by Gasteiger charge is 2.18. The van der Waals surface area contributed by atoms with Crippen LogP contribution in [0.15, 0.2) is 41.4 Å². The topological polar surface area (TPSA) is 152 Å². The molecule has 0 atom stereocenters. The van der Waals surface area contributed by atoms with E-state index in [9.17, 15) is 24.5 Å². The average Bonchev–Trinajstić information content (AvgIpc) is 2.81. The van der Waals surface area contributed by atoms with Gasteiger partial charge in [0.1, 0.15) is 5.75 Å². The van der Waals surface area contributed by atoms with Crippen molar-refractivity contribution in [3.63, 3.8) is 0 Å². The molecule has 1 aliphatic rings. The normalized spacial score (nSPS) is 12.2. The van der Waals surface area contributed by atoms with Crippen molar-refractivity contribution >= 4 is 41.0 Å². The van der Waals surface area contributed by atoms with Crippen LogP contribution in [-0.2, 0) is 16.1 Å². The van der Waals surface area contributed by atoms with Gasteiger partial charge in [-0.15, -0.1) is 0 Å². The predicted molar refractivity (Wildman–Crippen MR) is 119 cm³/mol.